The maximum absolute atomic E-state index is 13.2. The molecular formula is C19H10Cl2N2O7. The quantitative estimate of drug-likeness (QED) is 0.430. The highest BCUT2D eigenvalue weighted by Crippen LogP contribution is 2.30. The molecule has 2 aromatic heterocycles. The number of ketones is 1. The predicted octanol–water partition coefficient (Wildman–Crippen LogP) is 3.36. The molecule has 0 aliphatic rings. The van der Waals surface area contributed by atoms with Gasteiger partial charge in [0.05, 0.1) is 21.1 Å². The summed E-state index contributed by atoms with van der Waals surface area (Å²) in [5.41, 5.74) is 0.0304. The van der Waals surface area contributed by atoms with Crippen LogP contribution in [0.4, 0.5) is 0 Å². The topological polar surface area (TPSA) is 121 Å². The van der Waals surface area contributed by atoms with Gasteiger partial charge in [0.15, 0.2) is 16.9 Å². The van der Waals surface area contributed by atoms with Gasteiger partial charge in [-0.15, -0.1) is 0 Å². The van der Waals surface area contributed by atoms with Crippen LogP contribution < -0.4 is 11.5 Å². The Kier molecular flexibility index (Phi) is 4.52. The van der Waals surface area contributed by atoms with E-state index in [4.69, 9.17) is 32.0 Å². The summed E-state index contributed by atoms with van der Waals surface area (Å²) in [6.45, 7) is 2.33. The lowest BCUT2D eigenvalue weighted by Gasteiger charge is -2.07. The first-order chi connectivity index (χ1) is 14.1. The van der Waals surface area contributed by atoms with Crippen molar-refractivity contribution >= 4 is 63.0 Å². The van der Waals surface area contributed by atoms with Crippen molar-refractivity contribution in [3.8, 4) is 0 Å². The Balaban J connectivity index is 1.97. The number of aromatic nitrogens is 2. The molecule has 4 rings (SSSR count). The highest BCUT2D eigenvalue weighted by Gasteiger charge is 2.23. The fourth-order valence-electron chi connectivity index (χ4n) is 3.17. The van der Waals surface area contributed by atoms with Crippen LogP contribution in [0.25, 0.3) is 22.2 Å². The molecule has 0 saturated carbocycles. The van der Waals surface area contributed by atoms with Gasteiger partial charge >= 0.3 is 11.5 Å². The van der Waals surface area contributed by atoms with Crippen LogP contribution in [0.5, 0.6) is 0 Å². The van der Waals surface area contributed by atoms with E-state index in [1.54, 1.807) is 0 Å². The number of fused-ring (bicyclic) bond motifs is 2. The van der Waals surface area contributed by atoms with Crippen LogP contribution in [0.1, 0.15) is 39.4 Å². The van der Waals surface area contributed by atoms with Crippen LogP contribution in [0.15, 0.2) is 42.7 Å². The fourth-order valence-corrected chi connectivity index (χ4v) is 3.64. The average Bonchev–Trinajstić information content (AvgIpc) is 3.13. The zero-order valence-electron chi connectivity index (χ0n) is 15.3. The van der Waals surface area contributed by atoms with E-state index in [1.165, 1.54) is 24.3 Å². The van der Waals surface area contributed by atoms with Crippen LogP contribution in [-0.4, -0.2) is 26.7 Å². The molecule has 2 heterocycles. The monoisotopic (exact) mass is 448 g/mol. The molecule has 2 aromatic carbocycles. The van der Waals surface area contributed by atoms with Crippen molar-refractivity contribution in [2.75, 3.05) is 0 Å². The largest absolute Gasteiger partial charge is 0.426 e. The Morgan fingerprint density at radius 2 is 1.10 bits per heavy atom. The molecule has 0 saturated heterocycles. The molecule has 0 bridgehead atoms. The van der Waals surface area contributed by atoms with Crippen molar-refractivity contribution in [1.29, 1.82) is 0 Å². The number of carbonyl (C=O) groups is 3. The van der Waals surface area contributed by atoms with Gasteiger partial charge in [-0.05, 0) is 12.1 Å². The minimum Gasteiger partial charge on any atom is -0.407 e. The Bertz CT molecular complexity index is 1420. The van der Waals surface area contributed by atoms with Crippen molar-refractivity contribution in [2.45, 2.75) is 13.8 Å². The number of nitrogens with zero attached hydrogens (tertiary/aromatic N) is 2. The molecule has 30 heavy (non-hydrogen) atoms. The van der Waals surface area contributed by atoms with Gasteiger partial charge in [-0.25, -0.2) is 18.7 Å². The van der Waals surface area contributed by atoms with Crippen LogP contribution in [0, 0.1) is 0 Å². The summed E-state index contributed by atoms with van der Waals surface area (Å²) in [5.74, 6) is -3.71. The van der Waals surface area contributed by atoms with Crippen molar-refractivity contribution in [2.24, 2.45) is 0 Å². The lowest BCUT2D eigenvalue weighted by molar-refractivity contribution is 0.0924. The maximum Gasteiger partial charge on any atom is 0.426 e. The summed E-state index contributed by atoms with van der Waals surface area (Å²) in [6.07, 6.45) is 0. The second-order valence-electron chi connectivity index (χ2n) is 6.37. The van der Waals surface area contributed by atoms with E-state index in [2.05, 4.69) is 0 Å². The van der Waals surface area contributed by atoms with E-state index in [0.717, 1.165) is 23.0 Å². The van der Waals surface area contributed by atoms with Crippen molar-refractivity contribution < 1.29 is 23.2 Å². The number of halogens is 2. The third kappa shape index (κ3) is 2.90. The lowest BCUT2D eigenvalue weighted by Crippen LogP contribution is -2.19. The van der Waals surface area contributed by atoms with E-state index in [1.807, 2.05) is 0 Å². The third-order valence-electron chi connectivity index (χ3n) is 4.46. The summed E-state index contributed by atoms with van der Waals surface area (Å²) in [7, 11) is 0. The van der Waals surface area contributed by atoms with E-state index < -0.39 is 29.1 Å². The second kappa shape index (κ2) is 6.82. The number of hydrogen-bond acceptors (Lipinski definition) is 7. The second-order valence-corrected chi connectivity index (χ2v) is 7.19. The standard InChI is InChI=1S/C19H10Cl2N2O7/c1-7(24)22-13-3-9(11(20)5-15(13)29-18(22)27)17(26)10-4-14-16(6-12(10)21)30-19(28)23(14)8(2)25/h3-6H,1-2H3. The molecule has 0 N–H and O–H groups in total. The fraction of sp³-hybridized carbons (Fsp3) is 0.105. The SMILES string of the molecule is CC(=O)n1c(=O)oc2cc(Cl)c(C(=O)c3cc4c(cc3Cl)oc(=O)n4C(C)=O)cc21. The first-order valence-corrected chi connectivity index (χ1v) is 9.12. The molecule has 4 aromatic rings. The molecule has 0 atom stereocenters. The minimum absolute atomic E-state index is 0.0264. The molecule has 0 fully saturated rings. The molecular weight excluding hydrogens is 439 g/mol. The van der Waals surface area contributed by atoms with E-state index >= 15 is 0 Å². The highest BCUT2D eigenvalue weighted by molar-refractivity contribution is 6.39. The van der Waals surface area contributed by atoms with Crippen LogP contribution in [-0.2, 0) is 0 Å². The first kappa shape index (κ1) is 19.9. The molecule has 0 unspecified atom stereocenters. The van der Waals surface area contributed by atoms with Crippen LogP contribution >= 0.6 is 23.2 Å². The summed E-state index contributed by atoms with van der Waals surface area (Å²) < 4.78 is 11.5. The Morgan fingerprint density at radius 1 is 0.733 bits per heavy atom. The Hall–Kier alpha value is -3.43. The lowest BCUT2D eigenvalue weighted by atomic mass is 10.0. The Morgan fingerprint density at radius 3 is 1.43 bits per heavy atom. The van der Waals surface area contributed by atoms with Gasteiger partial charge in [-0.2, -0.15) is 0 Å². The molecule has 0 radical (unpaired) electrons. The number of carbonyl (C=O) groups excluding carboxylic acids is 3. The van der Waals surface area contributed by atoms with E-state index in [0.29, 0.717) is 0 Å². The predicted molar refractivity (Wildman–Crippen MR) is 107 cm³/mol. The number of oxazole rings is 2. The van der Waals surface area contributed by atoms with Crippen LogP contribution in [0.3, 0.4) is 0 Å². The van der Waals surface area contributed by atoms with E-state index in [-0.39, 0.29) is 43.4 Å². The van der Waals surface area contributed by atoms with Gasteiger partial charge in [0.25, 0.3) is 0 Å². The molecule has 11 heteroatoms. The smallest absolute Gasteiger partial charge is 0.407 e. The molecule has 0 aliphatic carbocycles. The first-order valence-electron chi connectivity index (χ1n) is 8.37. The molecule has 9 nitrogen and oxygen atoms in total. The van der Waals surface area contributed by atoms with Gasteiger partial charge < -0.3 is 8.83 Å². The van der Waals surface area contributed by atoms with Crippen molar-refractivity contribution in [3.63, 3.8) is 0 Å². The average molecular weight is 449 g/mol. The molecule has 0 spiro atoms. The molecule has 0 amide bonds. The van der Waals surface area contributed by atoms with Gasteiger partial charge in [0, 0.05) is 37.1 Å². The van der Waals surface area contributed by atoms with Gasteiger partial charge in [-0.3, -0.25) is 14.4 Å². The van der Waals surface area contributed by atoms with Crippen LogP contribution in [0.2, 0.25) is 10.0 Å². The number of benzene rings is 2. The van der Waals surface area contributed by atoms with E-state index in [9.17, 15) is 24.0 Å². The maximum atomic E-state index is 13.2. The van der Waals surface area contributed by atoms with Gasteiger partial charge in [-0.1, -0.05) is 23.2 Å². The minimum atomic E-state index is -0.915. The summed E-state index contributed by atoms with van der Waals surface area (Å²) in [6, 6.07) is 4.95. The number of rotatable bonds is 2. The normalized spacial score (nSPS) is 11.3. The molecule has 152 valence electrons. The molecule has 0 aliphatic heterocycles. The zero-order valence-corrected chi connectivity index (χ0v) is 16.8. The summed E-state index contributed by atoms with van der Waals surface area (Å²) in [5, 5.41) is -0.103. The summed E-state index contributed by atoms with van der Waals surface area (Å²) >= 11 is 12.4. The highest BCUT2D eigenvalue weighted by atomic mass is 35.5. The van der Waals surface area contributed by atoms with Crippen molar-refractivity contribution in [1.82, 2.24) is 9.13 Å². The Labute approximate surface area is 176 Å². The number of hydrogen-bond donors (Lipinski definition) is 0. The van der Waals surface area contributed by atoms with Crippen molar-refractivity contribution in [3.05, 3.63) is 66.5 Å². The zero-order chi connectivity index (χ0) is 21.9. The van der Waals surface area contributed by atoms with Gasteiger partial charge in [0.2, 0.25) is 11.8 Å². The van der Waals surface area contributed by atoms with Gasteiger partial charge in [0.1, 0.15) is 0 Å². The third-order valence-corrected chi connectivity index (χ3v) is 5.08. The summed E-state index contributed by atoms with van der Waals surface area (Å²) in [4.78, 5) is 60.5.